The van der Waals surface area contributed by atoms with Crippen molar-refractivity contribution in [3.63, 3.8) is 0 Å². The van der Waals surface area contributed by atoms with Crippen LogP contribution in [0.15, 0.2) is 48.6 Å². The zero-order chi connectivity index (χ0) is 47.7. The molecule has 0 saturated carbocycles. The number of aliphatic hydroxyl groups excluding tert-OH is 2. The molecule has 0 radical (unpaired) electrons. The third-order valence-electron chi connectivity index (χ3n) is 13.8. The minimum atomic E-state index is -0.869. The molecule has 2 atom stereocenters. The Morgan fingerprint density at radius 2 is 0.591 bits per heavy atom. The van der Waals surface area contributed by atoms with Crippen LogP contribution in [0.3, 0.4) is 0 Å². The lowest BCUT2D eigenvalue weighted by Gasteiger charge is -2.19. The van der Waals surface area contributed by atoms with Gasteiger partial charge in [-0.05, 0) is 70.6 Å². The summed E-state index contributed by atoms with van der Waals surface area (Å²) in [5.41, 5.74) is 0. The van der Waals surface area contributed by atoms with E-state index in [9.17, 15) is 15.0 Å². The van der Waals surface area contributed by atoms with Crippen LogP contribution in [-0.2, 0) is 4.79 Å². The highest BCUT2D eigenvalue weighted by Gasteiger charge is 2.18. The van der Waals surface area contributed by atoms with Gasteiger partial charge in [0.25, 0.3) is 0 Å². The largest absolute Gasteiger partial charge is 0.394 e. The van der Waals surface area contributed by atoms with Crippen molar-refractivity contribution in [2.75, 3.05) is 6.61 Å². The molecule has 2 unspecified atom stereocenters. The maximum atomic E-state index is 12.4. The van der Waals surface area contributed by atoms with E-state index in [1.165, 1.54) is 263 Å². The van der Waals surface area contributed by atoms with Crippen molar-refractivity contribution in [1.82, 2.24) is 5.32 Å². The van der Waals surface area contributed by atoms with Crippen LogP contribution < -0.4 is 5.32 Å². The third-order valence-corrected chi connectivity index (χ3v) is 13.8. The fraction of sp³-hybridized carbons (Fsp3) is 0.855. The zero-order valence-electron chi connectivity index (χ0n) is 44.7. The van der Waals surface area contributed by atoms with Crippen LogP contribution in [0.1, 0.15) is 322 Å². The fourth-order valence-corrected chi connectivity index (χ4v) is 9.21. The molecule has 0 aliphatic rings. The van der Waals surface area contributed by atoms with E-state index in [1.54, 1.807) is 6.08 Å². The Labute approximate surface area is 414 Å². The van der Waals surface area contributed by atoms with Crippen LogP contribution in [0.25, 0.3) is 0 Å². The van der Waals surface area contributed by atoms with E-state index in [0.29, 0.717) is 6.42 Å². The van der Waals surface area contributed by atoms with Gasteiger partial charge in [-0.15, -0.1) is 0 Å². The number of carbonyl (C=O) groups is 1. The predicted octanol–water partition coefficient (Wildman–Crippen LogP) is 19.8. The molecule has 0 aromatic rings. The lowest BCUT2D eigenvalue weighted by molar-refractivity contribution is -0.123. The quantitative estimate of drug-likeness (QED) is 0.0420. The number of carbonyl (C=O) groups excluding carboxylic acids is 1. The van der Waals surface area contributed by atoms with Gasteiger partial charge in [0, 0.05) is 6.42 Å². The number of unbranched alkanes of at least 4 members (excludes halogenated alkanes) is 42. The molecule has 0 fully saturated rings. The standard InChI is InChI=1S/C62H117NO3/c1-3-5-7-9-11-13-15-17-19-20-21-22-23-24-25-26-27-28-29-30-31-32-33-34-35-36-37-38-39-40-41-42-44-46-48-50-52-54-56-58-62(66)63-60(59-64)61(65)57-55-53-51-49-47-45-43-18-16-14-12-10-8-6-4-2/h16,18,20-21,47,49,55,57,60-61,64-65H,3-15,17,19,22-46,48,50-54,56,58-59H2,1-2H3,(H,63,66)/b18-16+,21-20-,49-47+,57-55+. The minimum Gasteiger partial charge on any atom is -0.394 e. The third kappa shape index (κ3) is 53.3. The zero-order valence-corrected chi connectivity index (χ0v) is 44.7. The Kier molecular flexibility index (Phi) is 56.2. The van der Waals surface area contributed by atoms with E-state index in [0.717, 1.165) is 38.5 Å². The van der Waals surface area contributed by atoms with Crippen molar-refractivity contribution in [1.29, 1.82) is 0 Å². The average Bonchev–Trinajstić information content (AvgIpc) is 3.32. The first kappa shape index (κ1) is 64.3. The summed E-state index contributed by atoms with van der Waals surface area (Å²) in [5, 5.41) is 23.1. The van der Waals surface area contributed by atoms with Crippen LogP contribution in [-0.4, -0.2) is 34.9 Å². The van der Waals surface area contributed by atoms with E-state index in [4.69, 9.17) is 0 Å². The van der Waals surface area contributed by atoms with Gasteiger partial charge in [0.15, 0.2) is 0 Å². The van der Waals surface area contributed by atoms with Gasteiger partial charge in [0.05, 0.1) is 18.8 Å². The number of hydrogen-bond acceptors (Lipinski definition) is 3. The average molecular weight is 925 g/mol. The number of amides is 1. The van der Waals surface area contributed by atoms with Crippen LogP contribution >= 0.6 is 0 Å². The molecule has 0 heterocycles. The first-order chi connectivity index (χ1) is 32.7. The number of rotatable bonds is 55. The predicted molar refractivity (Wildman–Crippen MR) is 295 cm³/mol. The van der Waals surface area contributed by atoms with E-state index in [1.807, 2.05) is 6.08 Å². The molecule has 66 heavy (non-hydrogen) atoms. The van der Waals surface area contributed by atoms with Gasteiger partial charge in [-0.2, -0.15) is 0 Å². The van der Waals surface area contributed by atoms with E-state index < -0.39 is 12.1 Å². The summed E-state index contributed by atoms with van der Waals surface area (Å²) in [7, 11) is 0. The van der Waals surface area contributed by atoms with Crippen molar-refractivity contribution in [3.8, 4) is 0 Å². The Bertz CT molecular complexity index is 1050. The summed E-state index contributed by atoms with van der Waals surface area (Å²) < 4.78 is 0. The second kappa shape index (κ2) is 57.7. The van der Waals surface area contributed by atoms with Crippen molar-refractivity contribution < 1.29 is 15.0 Å². The molecule has 3 N–H and O–H groups in total. The second-order valence-electron chi connectivity index (χ2n) is 20.4. The summed E-state index contributed by atoms with van der Waals surface area (Å²) in [6.45, 7) is 4.30. The van der Waals surface area contributed by atoms with E-state index >= 15 is 0 Å². The topological polar surface area (TPSA) is 69.6 Å². The van der Waals surface area contributed by atoms with Gasteiger partial charge in [-0.1, -0.05) is 294 Å². The highest BCUT2D eigenvalue weighted by molar-refractivity contribution is 5.76. The monoisotopic (exact) mass is 924 g/mol. The van der Waals surface area contributed by atoms with Gasteiger partial charge in [-0.3, -0.25) is 4.79 Å². The van der Waals surface area contributed by atoms with Crippen LogP contribution in [0.4, 0.5) is 0 Å². The smallest absolute Gasteiger partial charge is 0.220 e. The summed E-state index contributed by atoms with van der Waals surface area (Å²) in [5.74, 6) is -0.0737. The van der Waals surface area contributed by atoms with Crippen molar-refractivity contribution in [2.24, 2.45) is 0 Å². The Hall–Kier alpha value is -1.65. The van der Waals surface area contributed by atoms with Crippen molar-refractivity contribution in [2.45, 2.75) is 334 Å². The number of hydrogen-bond donors (Lipinski definition) is 3. The Balaban J connectivity index is 3.40. The highest BCUT2D eigenvalue weighted by Crippen LogP contribution is 2.17. The van der Waals surface area contributed by atoms with E-state index in [2.05, 4.69) is 55.6 Å². The fourth-order valence-electron chi connectivity index (χ4n) is 9.21. The lowest BCUT2D eigenvalue weighted by Crippen LogP contribution is -2.45. The normalized spacial score (nSPS) is 13.1. The molecule has 0 aliphatic carbocycles. The summed E-state index contributed by atoms with van der Waals surface area (Å²) in [4.78, 5) is 12.4. The molecule has 0 bridgehead atoms. The van der Waals surface area contributed by atoms with Gasteiger partial charge in [-0.25, -0.2) is 0 Å². The molecule has 388 valence electrons. The van der Waals surface area contributed by atoms with Gasteiger partial charge in [0.2, 0.25) is 5.91 Å². The molecule has 0 aromatic carbocycles. The molecular weight excluding hydrogens is 807 g/mol. The van der Waals surface area contributed by atoms with Crippen molar-refractivity contribution in [3.05, 3.63) is 48.6 Å². The number of nitrogens with one attached hydrogen (secondary N) is 1. The first-order valence-corrected chi connectivity index (χ1v) is 29.9. The first-order valence-electron chi connectivity index (χ1n) is 29.9. The van der Waals surface area contributed by atoms with Crippen LogP contribution in [0.5, 0.6) is 0 Å². The highest BCUT2D eigenvalue weighted by atomic mass is 16.3. The maximum Gasteiger partial charge on any atom is 0.220 e. The molecular formula is C62H117NO3. The minimum absolute atomic E-state index is 0.0737. The van der Waals surface area contributed by atoms with Gasteiger partial charge in [0.1, 0.15) is 0 Å². The number of allylic oxidation sites excluding steroid dienone is 7. The second-order valence-corrected chi connectivity index (χ2v) is 20.4. The van der Waals surface area contributed by atoms with E-state index in [-0.39, 0.29) is 12.5 Å². The summed E-state index contributed by atoms with van der Waals surface area (Å²) in [6.07, 6.45) is 80.2. The molecule has 0 aliphatic heterocycles. The lowest BCUT2D eigenvalue weighted by atomic mass is 10.0. The van der Waals surface area contributed by atoms with Crippen molar-refractivity contribution >= 4 is 5.91 Å². The summed E-state index contributed by atoms with van der Waals surface area (Å²) >= 11 is 0. The number of aliphatic hydroxyl groups is 2. The molecule has 1 amide bonds. The maximum absolute atomic E-state index is 12.4. The SMILES string of the molecule is CCCCCCC/C=C/CC/C=C/CC/C=C/C(O)C(CO)NC(=O)CCCCCCCCCCCCCCCCCCCCCCCCCCCCC/C=C\CCCCCCCCCC. The Morgan fingerprint density at radius 3 is 0.879 bits per heavy atom. The van der Waals surface area contributed by atoms with Gasteiger partial charge < -0.3 is 15.5 Å². The van der Waals surface area contributed by atoms with Crippen LogP contribution in [0, 0.1) is 0 Å². The molecule has 0 saturated heterocycles. The van der Waals surface area contributed by atoms with Gasteiger partial charge >= 0.3 is 0 Å². The Morgan fingerprint density at radius 1 is 0.348 bits per heavy atom. The molecule has 4 heteroatoms. The molecule has 4 nitrogen and oxygen atoms in total. The molecule has 0 aromatic heterocycles. The van der Waals surface area contributed by atoms with Crippen LogP contribution in [0.2, 0.25) is 0 Å². The molecule has 0 rings (SSSR count). The summed E-state index contributed by atoms with van der Waals surface area (Å²) in [6, 6.07) is -0.644. The molecule has 0 spiro atoms.